The molecule has 2 aromatic heterocycles. The van der Waals surface area contributed by atoms with Gasteiger partial charge in [-0.2, -0.15) is 0 Å². The third kappa shape index (κ3) is 3.27. The van der Waals surface area contributed by atoms with E-state index >= 15 is 0 Å². The second-order valence-corrected chi connectivity index (χ2v) is 4.74. The molecule has 0 saturated heterocycles. The molecule has 0 radical (unpaired) electrons. The van der Waals surface area contributed by atoms with E-state index in [9.17, 15) is 5.11 Å². The molecule has 1 aromatic carbocycles. The van der Waals surface area contributed by atoms with Crippen molar-refractivity contribution in [1.29, 1.82) is 0 Å². The highest BCUT2D eigenvalue weighted by Gasteiger charge is 2.04. The molecule has 0 saturated carbocycles. The maximum Gasteiger partial charge on any atom is 0.227 e. The van der Waals surface area contributed by atoms with Crippen LogP contribution < -0.4 is 5.32 Å². The zero-order chi connectivity index (χ0) is 14.7. The van der Waals surface area contributed by atoms with Gasteiger partial charge in [-0.25, -0.2) is 15.0 Å². The quantitative estimate of drug-likeness (QED) is 0.772. The fourth-order valence-corrected chi connectivity index (χ4v) is 2.04. The first-order valence-electron chi connectivity index (χ1n) is 6.22. The summed E-state index contributed by atoms with van der Waals surface area (Å²) in [5.74, 6) is 0.404. The Morgan fingerprint density at radius 1 is 1.00 bits per heavy atom. The Morgan fingerprint density at radius 2 is 1.86 bits per heavy atom. The number of aromatic hydroxyl groups is 1. The zero-order valence-corrected chi connectivity index (χ0v) is 11.6. The standard InChI is InChI=1S/C15H11ClN4O/c16-11-2-1-3-12(9-11)19-15-18-7-5-13(20-15)10-4-6-17-14(21)8-10/h1-9H,(H,17,21)(H,18,19,20). The normalized spacial score (nSPS) is 10.3. The lowest BCUT2D eigenvalue weighted by molar-refractivity contribution is 0.454. The van der Waals surface area contributed by atoms with E-state index < -0.39 is 0 Å². The minimum absolute atomic E-state index is 0.0459. The van der Waals surface area contributed by atoms with Gasteiger partial charge in [0.05, 0.1) is 5.69 Å². The van der Waals surface area contributed by atoms with Crippen LogP contribution in [0.25, 0.3) is 11.3 Å². The number of anilines is 2. The van der Waals surface area contributed by atoms with E-state index in [4.69, 9.17) is 11.6 Å². The van der Waals surface area contributed by atoms with E-state index in [0.717, 1.165) is 11.3 Å². The molecule has 2 heterocycles. The van der Waals surface area contributed by atoms with Gasteiger partial charge in [0.2, 0.25) is 11.8 Å². The average molecular weight is 299 g/mol. The number of benzene rings is 1. The minimum Gasteiger partial charge on any atom is -0.493 e. The molecule has 0 spiro atoms. The third-order valence-corrected chi connectivity index (χ3v) is 3.01. The van der Waals surface area contributed by atoms with Gasteiger partial charge >= 0.3 is 0 Å². The van der Waals surface area contributed by atoms with E-state index in [2.05, 4.69) is 20.3 Å². The number of rotatable bonds is 3. The molecule has 0 aliphatic rings. The molecule has 5 nitrogen and oxygen atoms in total. The predicted molar refractivity (Wildman–Crippen MR) is 81.7 cm³/mol. The molecule has 0 aliphatic carbocycles. The molecule has 0 unspecified atom stereocenters. The summed E-state index contributed by atoms with van der Waals surface area (Å²) < 4.78 is 0. The monoisotopic (exact) mass is 298 g/mol. The summed E-state index contributed by atoms with van der Waals surface area (Å²) in [5.41, 5.74) is 2.25. The van der Waals surface area contributed by atoms with Crippen molar-refractivity contribution in [2.24, 2.45) is 0 Å². The van der Waals surface area contributed by atoms with Crippen LogP contribution in [0.2, 0.25) is 5.02 Å². The Hall–Kier alpha value is -2.66. The van der Waals surface area contributed by atoms with Crippen molar-refractivity contribution >= 4 is 23.2 Å². The Labute approximate surface area is 126 Å². The van der Waals surface area contributed by atoms with Crippen molar-refractivity contribution in [3.63, 3.8) is 0 Å². The molecule has 3 aromatic rings. The minimum atomic E-state index is -0.0459. The molecule has 21 heavy (non-hydrogen) atoms. The van der Waals surface area contributed by atoms with Gasteiger partial charge in [0.25, 0.3) is 0 Å². The van der Waals surface area contributed by atoms with Crippen molar-refractivity contribution in [2.45, 2.75) is 0 Å². The van der Waals surface area contributed by atoms with Gasteiger partial charge in [-0.1, -0.05) is 17.7 Å². The fourth-order valence-electron chi connectivity index (χ4n) is 1.85. The van der Waals surface area contributed by atoms with Gasteiger partial charge in [0, 0.05) is 34.7 Å². The van der Waals surface area contributed by atoms with E-state index in [0.29, 0.717) is 16.7 Å². The first kappa shape index (κ1) is 13.3. The average Bonchev–Trinajstić information content (AvgIpc) is 2.47. The van der Waals surface area contributed by atoms with Crippen molar-refractivity contribution in [1.82, 2.24) is 15.0 Å². The van der Waals surface area contributed by atoms with Crippen LogP contribution in [0.4, 0.5) is 11.6 Å². The van der Waals surface area contributed by atoms with E-state index in [1.165, 1.54) is 6.20 Å². The Morgan fingerprint density at radius 3 is 2.67 bits per heavy atom. The highest BCUT2D eigenvalue weighted by Crippen LogP contribution is 2.22. The Bertz CT molecular complexity index is 779. The maximum atomic E-state index is 9.42. The summed E-state index contributed by atoms with van der Waals surface area (Å²) in [6.07, 6.45) is 3.17. The number of hydrogen-bond donors (Lipinski definition) is 2. The first-order valence-corrected chi connectivity index (χ1v) is 6.59. The Kier molecular flexibility index (Phi) is 3.66. The van der Waals surface area contributed by atoms with Crippen molar-refractivity contribution in [2.75, 3.05) is 5.32 Å². The molecule has 6 heteroatoms. The van der Waals surface area contributed by atoms with Crippen LogP contribution in [-0.4, -0.2) is 20.1 Å². The van der Waals surface area contributed by atoms with E-state index in [-0.39, 0.29) is 5.88 Å². The van der Waals surface area contributed by atoms with Crippen LogP contribution in [0.1, 0.15) is 0 Å². The van der Waals surface area contributed by atoms with Gasteiger partial charge in [-0.3, -0.25) is 0 Å². The number of halogens is 1. The number of aromatic nitrogens is 3. The number of nitrogens with zero attached hydrogens (tertiary/aromatic N) is 3. The van der Waals surface area contributed by atoms with Gasteiger partial charge < -0.3 is 10.4 Å². The third-order valence-electron chi connectivity index (χ3n) is 2.78. The molecule has 104 valence electrons. The second-order valence-electron chi connectivity index (χ2n) is 4.30. The van der Waals surface area contributed by atoms with Gasteiger partial charge in [0.15, 0.2) is 0 Å². The smallest absolute Gasteiger partial charge is 0.227 e. The lowest BCUT2D eigenvalue weighted by atomic mass is 10.2. The summed E-state index contributed by atoms with van der Waals surface area (Å²) in [6.45, 7) is 0. The van der Waals surface area contributed by atoms with Crippen LogP contribution >= 0.6 is 11.6 Å². The zero-order valence-electron chi connectivity index (χ0n) is 10.9. The van der Waals surface area contributed by atoms with Crippen molar-refractivity contribution in [3.05, 3.63) is 59.9 Å². The molecule has 0 bridgehead atoms. The molecular weight excluding hydrogens is 288 g/mol. The lowest BCUT2D eigenvalue weighted by Crippen LogP contribution is -1.97. The van der Waals surface area contributed by atoms with Crippen LogP contribution in [0.5, 0.6) is 5.88 Å². The maximum absolute atomic E-state index is 9.42. The molecule has 0 amide bonds. The topological polar surface area (TPSA) is 70.9 Å². The molecule has 0 atom stereocenters. The highest BCUT2D eigenvalue weighted by molar-refractivity contribution is 6.30. The van der Waals surface area contributed by atoms with E-state index in [1.807, 2.05) is 12.1 Å². The number of pyridine rings is 1. The largest absolute Gasteiger partial charge is 0.493 e. The summed E-state index contributed by atoms with van der Waals surface area (Å²) in [7, 11) is 0. The molecule has 2 N–H and O–H groups in total. The van der Waals surface area contributed by atoms with Crippen LogP contribution in [0, 0.1) is 0 Å². The summed E-state index contributed by atoms with van der Waals surface area (Å²) in [6, 6.07) is 12.4. The highest BCUT2D eigenvalue weighted by atomic mass is 35.5. The SMILES string of the molecule is Oc1cc(-c2ccnc(Nc3cccc(Cl)c3)n2)ccn1. The number of nitrogens with one attached hydrogen (secondary N) is 1. The molecule has 0 fully saturated rings. The molecule has 3 rings (SSSR count). The second kappa shape index (κ2) is 5.76. The van der Waals surface area contributed by atoms with Crippen LogP contribution in [0.3, 0.4) is 0 Å². The molecular formula is C15H11ClN4O. The van der Waals surface area contributed by atoms with Crippen molar-refractivity contribution in [3.8, 4) is 17.1 Å². The molecule has 0 aliphatic heterocycles. The van der Waals surface area contributed by atoms with Gasteiger partial charge in [-0.05, 0) is 30.3 Å². The fraction of sp³-hybridized carbons (Fsp3) is 0. The first-order chi connectivity index (χ1) is 10.2. The van der Waals surface area contributed by atoms with Crippen molar-refractivity contribution < 1.29 is 5.11 Å². The summed E-state index contributed by atoms with van der Waals surface area (Å²) in [4.78, 5) is 12.3. The van der Waals surface area contributed by atoms with Gasteiger partial charge in [0.1, 0.15) is 0 Å². The lowest BCUT2D eigenvalue weighted by Gasteiger charge is -2.07. The summed E-state index contributed by atoms with van der Waals surface area (Å²) >= 11 is 5.94. The van der Waals surface area contributed by atoms with Crippen LogP contribution in [0.15, 0.2) is 54.9 Å². The number of hydrogen-bond acceptors (Lipinski definition) is 5. The predicted octanol–water partition coefficient (Wildman–Crippen LogP) is 3.64. The van der Waals surface area contributed by atoms with Crippen LogP contribution in [-0.2, 0) is 0 Å². The Balaban J connectivity index is 1.90. The van der Waals surface area contributed by atoms with E-state index in [1.54, 1.807) is 36.5 Å². The van der Waals surface area contributed by atoms with Gasteiger partial charge in [-0.15, -0.1) is 0 Å². The summed E-state index contributed by atoms with van der Waals surface area (Å²) in [5, 5.41) is 13.1.